The van der Waals surface area contributed by atoms with Gasteiger partial charge in [0.25, 0.3) is 0 Å². The Balaban J connectivity index is 2.23. The van der Waals surface area contributed by atoms with Gasteiger partial charge in [0.2, 0.25) is 0 Å². The summed E-state index contributed by atoms with van der Waals surface area (Å²) in [6.07, 6.45) is 3.05. The highest BCUT2D eigenvalue weighted by molar-refractivity contribution is 7.99. The molecule has 2 unspecified atom stereocenters. The smallest absolute Gasteiger partial charge is 0.305 e. The molecule has 0 aliphatic carbocycles. The number of hydrogen-bond donors (Lipinski definition) is 1. The molecule has 1 aromatic heterocycles. The largest absolute Gasteiger partial charge is 0.481 e. The van der Waals surface area contributed by atoms with Crippen molar-refractivity contribution in [2.75, 3.05) is 5.75 Å². The highest BCUT2D eigenvalue weighted by atomic mass is 32.2. The maximum absolute atomic E-state index is 11.1. The van der Waals surface area contributed by atoms with E-state index < -0.39 is 5.97 Å². The Bertz CT molecular complexity index is 463. The second-order valence-corrected chi connectivity index (χ2v) is 7.81. The van der Waals surface area contributed by atoms with Gasteiger partial charge in [0, 0.05) is 0 Å². The Labute approximate surface area is 123 Å². The zero-order chi connectivity index (χ0) is 14.8. The fraction of sp³-hybridized carbons (Fsp3) is 0.846. The molecule has 1 saturated heterocycles. The number of carboxylic acid groups (broad SMARTS) is 1. The number of rotatable bonds is 5. The van der Waals surface area contributed by atoms with Gasteiger partial charge in [0.15, 0.2) is 5.82 Å². The molecule has 7 heteroatoms. The van der Waals surface area contributed by atoms with Gasteiger partial charge in [-0.25, -0.2) is 4.68 Å². The second kappa shape index (κ2) is 6.11. The third-order valence-electron chi connectivity index (χ3n) is 3.34. The van der Waals surface area contributed by atoms with Crippen molar-refractivity contribution in [1.29, 1.82) is 0 Å². The van der Waals surface area contributed by atoms with E-state index in [2.05, 4.69) is 36.3 Å². The van der Waals surface area contributed by atoms with E-state index in [0.29, 0.717) is 5.25 Å². The molecule has 6 nitrogen and oxygen atoms in total. The topological polar surface area (TPSA) is 80.9 Å². The maximum atomic E-state index is 11.1. The van der Waals surface area contributed by atoms with Crippen LogP contribution in [0.3, 0.4) is 0 Å². The van der Waals surface area contributed by atoms with Gasteiger partial charge < -0.3 is 5.11 Å². The van der Waals surface area contributed by atoms with E-state index in [9.17, 15) is 4.79 Å². The summed E-state index contributed by atoms with van der Waals surface area (Å²) in [6, 6.07) is -0.182. The molecule has 1 aliphatic rings. The van der Waals surface area contributed by atoms with Crippen LogP contribution in [0.15, 0.2) is 0 Å². The molecule has 2 rings (SSSR count). The van der Waals surface area contributed by atoms with E-state index in [4.69, 9.17) is 5.11 Å². The average Bonchev–Trinajstić information content (AvgIpc) is 2.96. The summed E-state index contributed by atoms with van der Waals surface area (Å²) in [5.74, 6) is 1.16. The van der Waals surface area contributed by atoms with E-state index in [-0.39, 0.29) is 17.9 Å². The molecule has 0 spiro atoms. The number of aromatic nitrogens is 4. The lowest BCUT2D eigenvalue weighted by molar-refractivity contribution is -0.138. The van der Waals surface area contributed by atoms with Crippen LogP contribution in [0.4, 0.5) is 0 Å². The molecule has 1 N–H and O–H groups in total. The quantitative estimate of drug-likeness (QED) is 0.900. The minimum absolute atomic E-state index is 0.0339. The molecule has 1 fully saturated rings. The normalized spacial score (nSPS) is 21.1. The molecule has 20 heavy (non-hydrogen) atoms. The lowest BCUT2D eigenvalue weighted by atomic mass is 9.87. The van der Waals surface area contributed by atoms with E-state index in [1.807, 2.05) is 11.8 Å². The van der Waals surface area contributed by atoms with Gasteiger partial charge in [-0.1, -0.05) is 20.8 Å². The molecule has 2 atom stereocenters. The van der Waals surface area contributed by atoms with E-state index in [1.165, 1.54) is 6.42 Å². The van der Waals surface area contributed by atoms with Gasteiger partial charge in [0.1, 0.15) is 0 Å². The summed E-state index contributed by atoms with van der Waals surface area (Å²) in [4.78, 5) is 11.1. The summed E-state index contributed by atoms with van der Waals surface area (Å²) < 4.78 is 1.75. The fourth-order valence-corrected chi connectivity index (χ4v) is 3.86. The zero-order valence-electron chi connectivity index (χ0n) is 12.2. The van der Waals surface area contributed by atoms with Gasteiger partial charge in [-0.05, 0) is 40.9 Å². The van der Waals surface area contributed by atoms with Crippen LogP contribution in [0.2, 0.25) is 0 Å². The van der Waals surface area contributed by atoms with Gasteiger partial charge in [-0.2, -0.15) is 11.8 Å². The highest BCUT2D eigenvalue weighted by Crippen LogP contribution is 2.40. The van der Waals surface area contributed by atoms with Gasteiger partial charge in [-0.15, -0.1) is 5.10 Å². The monoisotopic (exact) mass is 298 g/mol. The Kier molecular flexibility index (Phi) is 4.67. The Morgan fingerprint density at radius 2 is 2.30 bits per heavy atom. The summed E-state index contributed by atoms with van der Waals surface area (Å²) in [5.41, 5.74) is 0.0339. The minimum atomic E-state index is -0.806. The van der Waals surface area contributed by atoms with Crippen molar-refractivity contribution in [2.45, 2.75) is 57.7 Å². The molecule has 1 aromatic rings. The SMILES string of the molecule is CC(C)(C)CC(CC(=O)O)n1nnnc1C1CCCS1. The van der Waals surface area contributed by atoms with Gasteiger partial charge in [-0.3, -0.25) is 4.79 Å². The second-order valence-electron chi connectivity index (χ2n) is 6.50. The number of carboxylic acids is 1. The lowest BCUT2D eigenvalue weighted by Gasteiger charge is -2.26. The van der Waals surface area contributed by atoms with Crippen molar-refractivity contribution in [3.8, 4) is 0 Å². The molecule has 0 bridgehead atoms. The van der Waals surface area contributed by atoms with Crippen LogP contribution in [0.5, 0.6) is 0 Å². The Morgan fingerprint density at radius 3 is 2.85 bits per heavy atom. The first-order chi connectivity index (χ1) is 9.37. The van der Waals surface area contributed by atoms with Crippen molar-refractivity contribution < 1.29 is 9.90 Å². The summed E-state index contributed by atoms with van der Waals surface area (Å²) >= 11 is 1.86. The third kappa shape index (κ3) is 3.94. The lowest BCUT2D eigenvalue weighted by Crippen LogP contribution is -2.23. The molecular formula is C13H22N4O2S. The minimum Gasteiger partial charge on any atom is -0.481 e. The molecule has 0 amide bonds. The standard InChI is InChI=1S/C13H22N4O2S/c1-13(2,3)8-9(7-11(18)19)17-12(14-15-16-17)10-5-4-6-20-10/h9-10H,4-8H2,1-3H3,(H,18,19). The zero-order valence-corrected chi connectivity index (χ0v) is 13.1. The highest BCUT2D eigenvalue weighted by Gasteiger charge is 2.30. The number of tetrazole rings is 1. The predicted molar refractivity (Wildman–Crippen MR) is 77.6 cm³/mol. The van der Waals surface area contributed by atoms with E-state index >= 15 is 0 Å². The van der Waals surface area contributed by atoms with Crippen molar-refractivity contribution in [3.63, 3.8) is 0 Å². The number of aliphatic carboxylic acids is 1. The molecular weight excluding hydrogens is 276 g/mol. The predicted octanol–water partition coefficient (Wildman–Crippen LogP) is 2.69. The van der Waals surface area contributed by atoms with Crippen LogP contribution in [-0.2, 0) is 4.79 Å². The van der Waals surface area contributed by atoms with Crippen LogP contribution in [0.1, 0.15) is 63.6 Å². The Hall–Kier alpha value is -1.11. The third-order valence-corrected chi connectivity index (χ3v) is 4.71. The molecule has 0 saturated carbocycles. The first-order valence-electron chi connectivity index (χ1n) is 6.98. The number of nitrogens with zero attached hydrogens (tertiary/aromatic N) is 4. The van der Waals surface area contributed by atoms with Gasteiger partial charge >= 0.3 is 5.97 Å². The van der Waals surface area contributed by atoms with Crippen molar-refractivity contribution in [2.24, 2.45) is 5.41 Å². The van der Waals surface area contributed by atoms with Crippen LogP contribution >= 0.6 is 11.8 Å². The van der Waals surface area contributed by atoms with Crippen molar-refractivity contribution in [1.82, 2.24) is 20.2 Å². The molecule has 112 valence electrons. The van der Waals surface area contributed by atoms with Crippen LogP contribution in [0.25, 0.3) is 0 Å². The maximum Gasteiger partial charge on any atom is 0.305 e. The Morgan fingerprint density at radius 1 is 1.55 bits per heavy atom. The van der Waals surface area contributed by atoms with Crippen LogP contribution < -0.4 is 0 Å². The molecule has 1 aliphatic heterocycles. The van der Waals surface area contributed by atoms with Crippen molar-refractivity contribution >= 4 is 17.7 Å². The van der Waals surface area contributed by atoms with Crippen LogP contribution in [0, 0.1) is 5.41 Å². The first kappa shape index (κ1) is 15.3. The van der Waals surface area contributed by atoms with Gasteiger partial charge in [0.05, 0.1) is 17.7 Å². The first-order valence-corrected chi connectivity index (χ1v) is 8.03. The molecule has 0 aromatic carbocycles. The summed E-state index contributed by atoms with van der Waals surface area (Å²) in [7, 11) is 0. The van der Waals surface area contributed by atoms with Crippen LogP contribution in [-0.4, -0.2) is 37.0 Å². The summed E-state index contributed by atoms with van der Waals surface area (Å²) in [5, 5.41) is 21.5. The molecule has 0 radical (unpaired) electrons. The number of carbonyl (C=O) groups is 1. The number of thioether (sulfide) groups is 1. The molecule has 2 heterocycles. The van der Waals surface area contributed by atoms with E-state index in [1.54, 1.807) is 4.68 Å². The fourth-order valence-electron chi connectivity index (χ4n) is 2.61. The van der Waals surface area contributed by atoms with Crippen molar-refractivity contribution in [3.05, 3.63) is 5.82 Å². The summed E-state index contributed by atoms with van der Waals surface area (Å²) in [6.45, 7) is 6.32. The van der Waals surface area contributed by atoms with E-state index in [0.717, 1.165) is 24.4 Å². The number of hydrogen-bond acceptors (Lipinski definition) is 5. The average molecular weight is 298 g/mol.